The summed E-state index contributed by atoms with van der Waals surface area (Å²) in [7, 11) is -3.90. The van der Waals surface area contributed by atoms with Crippen molar-refractivity contribution in [3.05, 3.63) is 65.1 Å². The van der Waals surface area contributed by atoms with Crippen molar-refractivity contribution in [1.82, 2.24) is 20.0 Å². The Hall–Kier alpha value is -4.39. The number of imide groups is 1. The highest BCUT2D eigenvalue weighted by atomic mass is 32.2. The first-order chi connectivity index (χ1) is 27.4. The molecule has 3 aliphatic heterocycles. The van der Waals surface area contributed by atoms with Crippen LogP contribution in [0.3, 0.4) is 0 Å². The molecular formula is C40H49F4N7O6S. The Morgan fingerprint density at radius 1 is 0.966 bits per heavy atom. The number of aliphatic hydroxyl groups is 1. The standard InChI is InChI=1S/C40H49F4N7O6S/c1-24-20-29(9-11-33(24)46-38-45-22-31(40(42,43)44)36(48-38)51-17-3-16-39(2,54)23-51)58(55,56)49-26-5-7-27(8-6-26)57-28-14-18-50(19-15-28)34-12-4-25(21-32(34)41)30-10-13-35(52)47-37(30)53/h4,9,11-12,20-22,26-28,30,49,54H,3,5-8,10,13-19,23H2,1-2H3,(H,45,46,48)(H,47,52,53)/t26?,27?,30?,39-/m0/s1. The molecule has 3 aromatic rings. The Labute approximate surface area is 335 Å². The highest BCUT2D eigenvalue weighted by Gasteiger charge is 2.39. The lowest BCUT2D eigenvalue weighted by Crippen LogP contribution is -2.47. The SMILES string of the molecule is Cc1cc(S(=O)(=O)NC2CCC(OC3CCN(c4ccc(C5CCC(=O)NC5=O)cc4F)CC3)CC2)ccc1Nc1ncc(C(F)(F)F)c(N2CCC[C@](C)(O)C2)n1. The van der Waals surface area contributed by atoms with Crippen LogP contribution < -0.4 is 25.2 Å². The van der Waals surface area contributed by atoms with E-state index in [2.05, 4.69) is 25.3 Å². The van der Waals surface area contributed by atoms with E-state index in [4.69, 9.17) is 4.74 Å². The second-order valence-corrected chi connectivity index (χ2v) is 17.9. The van der Waals surface area contributed by atoms with Gasteiger partial charge in [0.2, 0.25) is 27.8 Å². The number of anilines is 4. The maximum absolute atomic E-state index is 15.2. The average Bonchev–Trinajstić information content (AvgIpc) is 3.16. The summed E-state index contributed by atoms with van der Waals surface area (Å²) in [6.45, 7) is 4.73. The van der Waals surface area contributed by atoms with Crippen molar-refractivity contribution in [2.24, 2.45) is 0 Å². The molecule has 0 spiro atoms. The van der Waals surface area contributed by atoms with E-state index in [9.17, 15) is 36.3 Å². The Bertz CT molecular complexity index is 2120. The molecule has 2 aromatic carbocycles. The lowest BCUT2D eigenvalue weighted by molar-refractivity contribution is -0.138. The van der Waals surface area contributed by atoms with E-state index < -0.39 is 45.0 Å². The fraction of sp³-hybridized carbons (Fsp3) is 0.550. The fourth-order valence-corrected chi connectivity index (χ4v) is 9.85. The van der Waals surface area contributed by atoms with Crippen molar-refractivity contribution in [3.63, 3.8) is 0 Å². The van der Waals surface area contributed by atoms with Crippen LogP contribution in [0.2, 0.25) is 0 Å². The number of hydrogen-bond donors (Lipinski definition) is 4. The molecule has 13 nitrogen and oxygen atoms in total. The van der Waals surface area contributed by atoms with Gasteiger partial charge in [-0.2, -0.15) is 18.2 Å². The minimum Gasteiger partial charge on any atom is -0.388 e. The van der Waals surface area contributed by atoms with Crippen LogP contribution in [0.25, 0.3) is 0 Å². The second-order valence-electron chi connectivity index (χ2n) is 16.2. The topological polar surface area (TPSA) is 166 Å². The van der Waals surface area contributed by atoms with E-state index >= 15 is 4.39 Å². The molecule has 3 saturated heterocycles. The molecular weight excluding hydrogens is 783 g/mol. The van der Waals surface area contributed by atoms with Crippen LogP contribution in [0.1, 0.15) is 93.7 Å². The van der Waals surface area contributed by atoms with Crippen molar-refractivity contribution in [2.45, 2.75) is 119 Å². The Morgan fingerprint density at radius 3 is 2.34 bits per heavy atom. The normalized spacial score (nSPS) is 25.1. The van der Waals surface area contributed by atoms with Crippen LogP contribution in [0.15, 0.2) is 47.5 Å². The quantitative estimate of drug-likeness (QED) is 0.144. The third-order valence-corrected chi connectivity index (χ3v) is 13.1. The molecule has 58 heavy (non-hydrogen) atoms. The molecule has 4 fully saturated rings. The van der Waals surface area contributed by atoms with Crippen molar-refractivity contribution >= 4 is 45.0 Å². The number of β-amino-alcohol motifs (C(OH)–C–C–N with tert-alkyl or cyclic N) is 1. The van der Waals surface area contributed by atoms with E-state index in [-0.39, 0.29) is 53.8 Å². The van der Waals surface area contributed by atoms with Gasteiger partial charge < -0.3 is 25.0 Å². The number of amides is 2. The van der Waals surface area contributed by atoms with E-state index in [0.29, 0.717) is 106 Å². The zero-order valence-corrected chi connectivity index (χ0v) is 33.3. The number of carbonyl (C=O) groups is 2. The molecule has 314 valence electrons. The van der Waals surface area contributed by atoms with Gasteiger partial charge in [-0.25, -0.2) is 22.5 Å². The van der Waals surface area contributed by atoms with Gasteiger partial charge in [0.15, 0.2) is 0 Å². The van der Waals surface area contributed by atoms with Gasteiger partial charge in [0.05, 0.1) is 34.3 Å². The van der Waals surface area contributed by atoms with Gasteiger partial charge >= 0.3 is 6.18 Å². The average molecular weight is 832 g/mol. The third kappa shape index (κ3) is 9.72. The largest absolute Gasteiger partial charge is 0.421 e. The van der Waals surface area contributed by atoms with E-state index in [1.165, 1.54) is 29.2 Å². The number of rotatable bonds is 10. The van der Waals surface area contributed by atoms with Gasteiger partial charge in [0, 0.05) is 50.5 Å². The summed E-state index contributed by atoms with van der Waals surface area (Å²) in [5.41, 5.74) is -0.209. The number of nitrogens with zero attached hydrogens (tertiary/aromatic N) is 4. The Kier molecular flexibility index (Phi) is 12.0. The minimum atomic E-state index is -4.71. The molecule has 4 N–H and O–H groups in total. The maximum atomic E-state index is 15.2. The molecule has 0 radical (unpaired) electrons. The van der Waals surface area contributed by atoms with Crippen molar-refractivity contribution in [3.8, 4) is 0 Å². The van der Waals surface area contributed by atoms with E-state index in [1.807, 2.05) is 4.90 Å². The van der Waals surface area contributed by atoms with Crippen LogP contribution in [-0.2, 0) is 30.5 Å². The molecule has 4 aliphatic rings. The number of hydrogen-bond acceptors (Lipinski definition) is 11. The molecule has 4 heterocycles. The molecule has 1 aromatic heterocycles. The summed E-state index contributed by atoms with van der Waals surface area (Å²) in [4.78, 5) is 35.3. The predicted octanol–water partition coefficient (Wildman–Crippen LogP) is 5.83. The van der Waals surface area contributed by atoms with Crippen molar-refractivity contribution in [1.29, 1.82) is 0 Å². The summed E-state index contributed by atoms with van der Waals surface area (Å²) >= 11 is 0. The summed E-state index contributed by atoms with van der Waals surface area (Å²) < 4.78 is 93.1. The van der Waals surface area contributed by atoms with Crippen molar-refractivity contribution in [2.75, 3.05) is 41.3 Å². The summed E-state index contributed by atoms with van der Waals surface area (Å²) in [5, 5.41) is 15.8. The second kappa shape index (κ2) is 16.7. The number of sulfonamides is 1. The molecule has 1 saturated carbocycles. The number of alkyl halides is 3. The number of piperidine rings is 3. The maximum Gasteiger partial charge on any atom is 0.421 e. The van der Waals surface area contributed by atoms with Crippen LogP contribution in [0.5, 0.6) is 0 Å². The first-order valence-electron chi connectivity index (χ1n) is 19.8. The monoisotopic (exact) mass is 831 g/mol. The first kappa shape index (κ1) is 41.8. The Balaban J connectivity index is 0.892. The predicted molar refractivity (Wildman–Crippen MR) is 208 cm³/mol. The van der Waals surface area contributed by atoms with Crippen LogP contribution in [0.4, 0.5) is 40.7 Å². The van der Waals surface area contributed by atoms with Gasteiger partial charge in [0.25, 0.3) is 0 Å². The number of halogens is 4. The summed E-state index contributed by atoms with van der Waals surface area (Å²) in [6, 6.07) is 8.98. The minimum absolute atomic E-state index is 0.00363. The third-order valence-electron chi connectivity index (χ3n) is 11.6. The molecule has 18 heteroatoms. The summed E-state index contributed by atoms with van der Waals surface area (Å²) in [6.07, 6.45) is 1.47. The Morgan fingerprint density at radius 2 is 1.69 bits per heavy atom. The van der Waals surface area contributed by atoms with Crippen LogP contribution in [-0.4, -0.2) is 85.3 Å². The van der Waals surface area contributed by atoms with Gasteiger partial charge in [-0.3, -0.25) is 14.9 Å². The van der Waals surface area contributed by atoms with Crippen LogP contribution in [0, 0.1) is 12.7 Å². The zero-order valence-electron chi connectivity index (χ0n) is 32.4. The smallest absolute Gasteiger partial charge is 0.388 e. The molecule has 2 atom stereocenters. The highest BCUT2D eigenvalue weighted by Crippen LogP contribution is 2.38. The zero-order chi connectivity index (χ0) is 41.4. The van der Waals surface area contributed by atoms with Gasteiger partial charge in [-0.05, 0) is 113 Å². The van der Waals surface area contributed by atoms with E-state index in [1.54, 1.807) is 26.0 Å². The molecule has 0 bridgehead atoms. The molecule has 1 aliphatic carbocycles. The highest BCUT2D eigenvalue weighted by molar-refractivity contribution is 7.89. The number of aromatic nitrogens is 2. The van der Waals surface area contributed by atoms with Crippen molar-refractivity contribution < 1.29 is 45.4 Å². The number of ether oxygens (including phenoxy) is 1. The molecule has 2 amide bonds. The lowest BCUT2D eigenvalue weighted by atomic mass is 9.90. The first-order valence-corrected chi connectivity index (χ1v) is 21.3. The lowest BCUT2D eigenvalue weighted by Gasteiger charge is -2.38. The number of carbonyl (C=O) groups excluding carboxylic acids is 2. The number of nitrogens with one attached hydrogen (secondary N) is 3. The van der Waals surface area contributed by atoms with Crippen LogP contribution >= 0.6 is 0 Å². The fourth-order valence-electron chi connectivity index (χ4n) is 8.46. The van der Waals surface area contributed by atoms with Gasteiger partial charge in [-0.15, -0.1) is 0 Å². The molecule has 1 unspecified atom stereocenters. The van der Waals surface area contributed by atoms with Gasteiger partial charge in [-0.1, -0.05) is 6.07 Å². The number of aryl methyl sites for hydroxylation is 1. The van der Waals surface area contributed by atoms with E-state index in [0.717, 1.165) is 0 Å². The van der Waals surface area contributed by atoms with Gasteiger partial charge in [0.1, 0.15) is 17.2 Å². The molecule has 7 rings (SSSR count). The summed E-state index contributed by atoms with van der Waals surface area (Å²) in [5.74, 6) is -2.10. The number of benzene rings is 2.